The molecule has 0 aliphatic heterocycles. The Morgan fingerprint density at radius 1 is 1.27 bits per heavy atom. The Balaban J connectivity index is 2.27. The molecule has 2 heteroatoms. The Bertz CT molecular complexity index is 97.7. The van der Waals surface area contributed by atoms with Gasteiger partial charge in [0.05, 0.1) is 0 Å². The van der Waals surface area contributed by atoms with E-state index in [1.165, 1.54) is 25.7 Å². The van der Waals surface area contributed by atoms with E-state index in [9.17, 15) is 0 Å². The molecule has 1 rings (SSSR count). The van der Waals surface area contributed by atoms with E-state index in [1.54, 1.807) is 0 Å². The van der Waals surface area contributed by atoms with Crippen LogP contribution in [0.15, 0.2) is 0 Å². The van der Waals surface area contributed by atoms with Crippen LogP contribution in [0.1, 0.15) is 39.5 Å². The Morgan fingerprint density at radius 2 is 1.91 bits per heavy atom. The van der Waals surface area contributed by atoms with E-state index in [0.29, 0.717) is 0 Å². The molecule has 1 aliphatic rings. The first-order valence-electron chi connectivity index (χ1n) is 4.82. The molecule has 0 aromatic heterocycles. The van der Waals surface area contributed by atoms with Crippen molar-refractivity contribution in [2.45, 2.75) is 45.6 Å². The lowest BCUT2D eigenvalue weighted by molar-refractivity contribution is 0.131. The van der Waals surface area contributed by atoms with Crippen LogP contribution in [0, 0.1) is 0 Å². The number of rotatable bonds is 4. The third kappa shape index (κ3) is 2.46. The van der Waals surface area contributed by atoms with E-state index in [1.807, 2.05) is 0 Å². The van der Waals surface area contributed by atoms with Gasteiger partial charge < -0.3 is 0 Å². The van der Waals surface area contributed by atoms with E-state index in [0.717, 1.165) is 19.1 Å². The lowest BCUT2D eigenvalue weighted by Gasteiger charge is -2.25. The molecule has 0 amide bonds. The molecule has 11 heavy (non-hydrogen) atoms. The molecule has 0 aromatic rings. The van der Waals surface area contributed by atoms with Crippen LogP contribution in [0.4, 0.5) is 0 Å². The van der Waals surface area contributed by atoms with Gasteiger partial charge in [-0.05, 0) is 19.8 Å². The Kier molecular flexibility index (Phi) is 3.87. The molecule has 0 bridgehead atoms. The van der Waals surface area contributed by atoms with Crippen LogP contribution in [0.2, 0.25) is 0 Å². The van der Waals surface area contributed by atoms with Crippen molar-refractivity contribution in [1.82, 2.24) is 10.4 Å². The average molecular weight is 155 g/mol. The van der Waals surface area contributed by atoms with Gasteiger partial charge in [0.25, 0.3) is 0 Å². The summed E-state index contributed by atoms with van der Waals surface area (Å²) in [5.41, 5.74) is 4.46. The van der Waals surface area contributed by atoms with Gasteiger partial charge in [-0.15, -0.1) is 0 Å². The number of nitrogens with zero attached hydrogens (tertiary/aromatic N) is 2. The molecule has 0 atom stereocenters. The zero-order valence-corrected chi connectivity index (χ0v) is 7.71. The highest BCUT2D eigenvalue weighted by Gasteiger charge is 2.20. The molecule has 1 aliphatic carbocycles. The molecule has 0 spiro atoms. The molecule has 0 N–H and O–H groups in total. The van der Waals surface area contributed by atoms with Crippen molar-refractivity contribution in [1.29, 1.82) is 0 Å². The first kappa shape index (κ1) is 9.01. The summed E-state index contributed by atoms with van der Waals surface area (Å²) < 4.78 is 0. The molecule has 65 valence electrons. The molecule has 1 saturated carbocycles. The SMILES string of the molecule is CC[N]N(CC)C1CCCC1. The van der Waals surface area contributed by atoms with Crippen molar-refractivity contribution in [2.24, 2.45) is 0 Å². The highest BCUT2D eigenvalue weighted by Crippen LogP contribution is 2.22. The topological polar surface area (TPSA) is 17.3 Å². The molecular formula is C9H19N2. The highest BCUT2D eigenvalue weighted by molar-refractivity contribution is 4.73. The summed E-state index contributed by atoms with van der Waals surface area (Å²) in [4.78, 5) is 0. The minimum atomic E-state index is 0.764. The van der Waals surface area contributed by atoms with Crippen molar-refractivity contribution in [2.75, 3.05) is 13.1 Å². The minimum absolute atomic E-state index is 0.764. The fourth-order valence-corrected chi connectivity index (χ4v) is 1.86. The first-order chi connectivity index (χ1) is 5.38. The second kappa shape index (κ2) is 4.73. The van der Waals surface area contributed by atoms with Gasteiger partial charge in [-0.1, -0.05) is 19.8 Å². The van der Waals surface area contributed by atoms with Crippen LogP contribution in [0.25, 0.3) is 0 Å². The molecule has 1 radical (unpaired) electrons. The summed E-state index contributed by atoms with van der Waals surface area (Å²) in [5.74, 6) is 0. The molecule has 0 aromatic carbocycles. The minimum Gasteiger partial charge on any atom is -0.224 e. The van der Waals surface area contributed by atoms with Crippen LogP contribution in [-0.4, -0.2) is 24.1 Å². The Hall–Kier alpha value is -0.0800. The van der Waals surface area contributed by atoms with Gasteiger partial charge in [-0.2, -0.15) is 5.43 Å². The molecule has 0 heterocycles. The maximum Gasteiger partial charge on any atom is 0.0278 e. The number of hydrogen-bond donors (Lipinski definition) is 0. The second-order valence-electron chi connectivity index (χ2n) is 3.15. The monoisotopic (exact) mass is 155 g/mol. The van der Waals surface area contributed by atoms with Crippen LogP contribution in [0.3, 0.4) is 0 Å². The van der Waals surface area contributed by atoms with E-state index in [2.05, 4.69) is 24.3 Å². The van der Waals surface area contributed by atoms with Gasteiger partial charge in [0.15, 0.2) is 0 Å². The van der Waals surface area contributed by atoms with E-state index >= 15 is 0 Å². The largest absolute Gasteiger partial charge is 0.224 e. The maximum atomic E-state index is 4.46. The van der Waals surface area contributed by atoms with E-state index < -0.39 is 0 Å². The fraction of sp³-hybridized carbons (Fsp3) is 1.00. The zero-order chi connectivity index (χ0) is 8.10. The van der Waals surface area contributed by atoms with Crippen molar-refractivity contribution in [3.8, 4) is 0 Å². The van der Waals surface area contributed by atoms with Gasteiger partial charge in [0.2, 0.25) is 0 Å². The van der Waals surface area contributed by atoms with Crippen molar-refractivity contribution < 1.29 is 0 Å². The summed E-state index contributed by atoms with van der Waals surface area (Å²) in [6.45, 7) is 6.32. The third-order valence-electron chi connectivity index (χ3n) is 2.39. The van der Waals surface area contributed by atoms with E-state index in [-0.39, 0.29) is 0 Å². The van der Waals surface area contributed by atoms with Gasteiger partial charge >= 0.3 is 0 Å². The van der Waals surface area contributed by atoms with Gasteiger partial charge in [-0.25, -0.2) is 5.01 Å². The standard InChI is InChI=1S/C9H19N2/c1-3-10-11(4-2)9-7-5-6-8-9/h9H,3-8H2,1-2H3. The zero-order valence-electron chi connectivity index (χ0n) is 7.71. The Morgan fingerprint density at radius 3 is 2.36 bits per heavy atom. The highest BCUT2D eigenvalue weighted by atomic mass is 15.5. The molecule has 1 fully saturated rings. The second-order valence-corrected chi connectivity index (χ2v) is 3.15. The molecular weight excluding hydrogens is 136 g/mol. The molecule has 0 unspecified atom stereocenters. The van der Waals surface area contributed by atoms with Crippen molar-refractivity contribution in [3.05, 3.63) is 0 Å². The summed E-state index contributed by atoms with van der Waals surface area (Å²) in [5, 5.41) is 2.27. The fourth-order valence-electron chi connectivity index (χ4n) is 1.86. The van der Waals surface area contributed by atoms with Gasteiger partial charge in [-0.3, -0.25) is 0 Å². The normalized spacial score (nSPS) is 19.9. The van der Waals surface area contributed by atoms with Gasteiger partial charge in [0.1, 0.15) is 0 Å². The summed E-state index contributed by atoms with van der Waals surface area (Å²) in [6.07, 6.45) is 5.52. The van der Waals surface area contributed by atoms with Crippen molar-refractivity contribution in [3.63, 3.8) is 0 Å². The molecule has 2 nitrogen and oxygen atoms in total. The number of hydrogen-bond acceptors (Lipinski definition) is 1. The first-order valence-corrected chi connectivity index (χ1v) is 4.82. The predicted molar refractivity (Wildman–Crippen MR) is 47.3 cm³/mol. The summed E-state index contributed by atoms with van der Waals surface area (Å²) >= 11 is 0. The predicted octanol–water partition coefficient (Wildman–Crippen LogP) is 1.79. The average Bonchev–Trinajstić information content (AvgIpc) is 2.52. The third-order valence-corrected chi connectivity index (χ3v) is 2.39. The molecule has 0 saturated heterocycles. The van der Waals surface area contributed by atoms with Crippen molar-refractivity contribution >= 4 is 0 Å². The summed E-state index contributed by atoms with van der Waals surface area (Å²) in [6, 6.07) is 0.764. The smallest absolute Gasteiger partial charge is 0.0278 e. The lowest BCUT2D eigenvalue weighted by Crippen LogP contribution is -2.39. The Labute approximate surface area is 69.9 Å². The van der Waals surface area contributed by atoms with Crippen LogP contribution in [0.5, 0.6) is 0 Å². The van der Waals surface area contributed by atoms with E-state index in [4.69, 9.17) is 0 Å². The lowest BCUT2D eigenvalue weighted by atomic mass is 10.2. The quantitative estimate of drug-likeness (QED) is 0.566. The van der Waals surface area contributed by atoms with Crippen LogP contribution < -0.4 is 5.43 Å². The van der Waals surface area contributed by atoms with Crippen LogP contribution >= 0.6 is 0 Å². The summed E-state index contributed by atoms with van der Waals surface area (Å²) in [7, 11) is 0. The van der Waals surface area contributed by atoms with Gasteiger partial charge in [0, 0.05) is 19.1 Å². The van der Waals surface area contributed by atoms with Crippen LogP contribution in [-0.2, 0) is 0 Å². The maximum absolute atomic E-state index is 4.46.